The molecule has 1 aromatic carbocycles. The molecule has 1 aromatic heterocycles. The van der Waals surface area contributed by atoms with Crippen molar-refractivity contribution < 1.29 is 14.6 Å². The van der Waals surface area contributed by atoms with Crippen molar-refractivity contribution in [1.82, 2.24) is 9.59 Å². The molecule has 2 N–H and O–H groups in total. The molecule has 122 valence electrons. The van der Waals surface area contributed by atoms with Crippen LogP contribution in [0.3, 0.4) is 0 Å². The number of nitrogens with one attached hydrogen (secondary N) is 1. The number of hydrogen-bond donors (Lipinski definition) is 2. The van der Waals surface area contributed by atoms with Gasteiger partial charge >= 0.3 is 0 Å². The number of anilines is 1. The third kappa shape index (κ3) is 2.55. The first-order chi connectivity index (χ1) is 10.8. The van der Waals surface area contributed by atoms with Crippen LogP contribution in [0.1, 0.15) is 35.6 Å². The molecule has 0 saturated carbocycles. The average Bonchev–Trinajstić information content (AvgIpc) is 3.03. The summed E-state index contributed by atoms with van der Waals surface area (Å²) in [6, 6.07) is 0. The number of aromatic nitrogens is 2. The van der Waals surface area contributed by atoms with Crippen molar-refractivity contribution >= 4 is 22.4 Å². The number of hydrogen-bond acceptors (Lipinski definition) is 6. The Morgan fingerprint density at radius 3 is 2.74 bits per heavy atom. The number of phenolic OH excluding ortho intramolecular Hbond substituents is 1. The Morgan fingerprint density at radius 2 is 2.09 bits per heavy atom. The van der Waals surface area contributed by atoms with E-state index < -0.39 is 5.60 Å². The van der Waals surface area contributed by atoms with Crippen LogP contribution in [0.25, 0.3) is 0 Å². The van der Waals surface area contributed by atoms with Gasteiger partial charge in [-0.3, -0.25) is 4.79 Å². The van der Waals surface area contributed by atoms with Crippen LogP contribution in [0.4, 0.5) is 5.00 Å². The van der Waals surface area contributed by atoms with Gasteiger partial charge in [0, 0.05) is 23.5 Å². The fourth-order valence-electron chi connectivity index (χ4n) is 2.87. The SMILES string of the molecule is Cc1c(C)c2c(c(C)c1O)CCC(C)(C(=O)Nc1cnns1)O2. The number of carbonyl (C=O) groups excluding carboxylic acids is 1. The van der Waals surface area contributed by atoms with Gasteiger partial charge in [0.25, 0.3) is 5.91 Å². The Kier molecular flexibility index (Phi) is 3.75. The first-order valence-electron chi connectivity index (χ1n) is 7.43. The number of aromatic hydroxyl groups is 1. The molecule has 1 amide bonds. The van der Waals surface area contributed by atoms with Crippen LogP contribution in [0.2, 0.25) is 0 Å². The lowest BCUT2D eigenvalue weighted by molar-refractivity contribution is -0.131. The summed E-state index contributed by atoms with van der Waals surface area (Å²) in [6.45, 7) is 7.44. The summed E-state index contributed by atoms with van der Waals surface area (Å²) >= 11 is 1.13. The van der Waals surface area contributed by atoms with E-state index in [-0.39, 0.29) is 5.91 Å². The highest BCUT2D eigenvalue weighted by atomic mass is 32.1. The number of benzene rings is 1. The van der Waals surface area contributed by atoms with Crippen LogP contribution in [-0.4, -0.2) is 26.2 Å². The zero-order chi connectivity index (χ0) is 16.8. The normalized spacial score (nSPS) is 19.8. The van der Waals surface area contributed by atoms with E-state index in [9.17, 15) is 9.90 Å². The molecule has 3 rings (SSSR count). The van der Waals surface area contributed by atoms with Gasteiger partial charge in [0.05, 0.1) is 6.20 Å². The minimum Gasteiger partial charge on any atom is -0.507 e. The highest BCUT2D eigenvalue weighted by Gasteiger charge is 2.41. The van der Waals surface area contributed by atoms with E-state index in [4.69, 9.17) is 4.74 Å². The van der Waals surface area contributed by atoms with Crippen molar-refractivity contribution in [2.45, 2.75) is 46.1 Å². The molecule has 2 aromatic rings. The molecular weight excluding hydrogens is 314 g/mol. The highest BCUT2D eigenvalue weighted by molar-refractivity contribution is 7.10. The minimum absolute atomic E-state index is 0.211. The van der Waals surface area contributed by atoms with Gasteiger partial charge in [-0.15, -0.1) is 5.10 Å². The maximum absolute atomic E-state index is 12.6. The van der Waals surface area contributed by atoms with Crippen molar-refractivity contribution in [3.05, 3.63) is 28.5 Å². The summed E-state index contributed by atoms with van der Waals surface area (Å²) < 4.78 is 9.85. The number of rotatable bonds is 2. The van der Waals surface area contributed by atoms with Gasteiger partial charge < -0.3 is 15.2 Å². The Labute approximate surface area is 138 Å². The second kappa shape index (κ2) is 5.49. The number of carbonyl (C=O) groups is 1. The molecule has 0 fully saturated rings. The quantitative estimate of drug-likeness (QED) is 0.883. The molecule has 1 atom stereocenters. The molecule has 6 nitrogen and oxygen atoms in total. The van der Waals surface area contributed by atoms with E-state index >= 15 is 0 Å². The van der Waals surface area contributed by atoms with Crippen molar-refractivity contribution in [1.29, 1.82) is 0 Å². The van der Waals surface area contributed by atoms with Crippen LogP contribution in [0, 0.1) is 20.8 Å². The summed E-state index contributed by atoms with van der Waals surface area (Å²) in [5.74, 6) is 0.815. The lowest BCUT2D eigenvalue weighted by Crippen LogP contribution is -2.48. The fourth-order valence-corrected chi connectivity index (χ4v) is 3.29. The standard InChI is InChI=1S/C16H19N3O3S/c1-8-9(2)14-11(10(3)13(8)20)5-6-16(4,22-14)15(21)18-12-7-17-19-23-12/h7,20H,5-6H2,1-4H3,(H,18,21). The van der Waals surface area contributed by atoms with Gasteiger partial charge in [-0.05, 0) is 50.8 Å². The van der Waals surface area contributed by atoms with E-state index in [1.54, 1.807) is 6.92 Å². The Hall–Kier alpha value is -2.15. The number of ether oxygens (including phenoxy) is 1. The number of phenols is 1. The molecule has 7 heteroatoms. The van der Waals surface area contributed by atoms with Crippen molar-refractivity contribution in [2.24, 2.45) is 0 Å². The fraction of sp³-hybridized carbons (Fsp3) is 0.438. The van der Waals surface area contributed by atoms with E-state index in [1.165, 1.54) is 6.20 Å². The van der Waals surface area contributed by atoms with Crippen LogP contribution >= 0.6 is 11.5 Å². The largest absolute Gasteiger partial charge is 0.507 e. The molecule has 1 unspecified atom stereocenters. The minimum atomic E-state index is -0.961. The molecule has 2 heterocycles. The highest BCUT2D eigenvalue weighted by Crippen LogP contribution is 2.43. The predicted octanol–water partition coefficient (Wildman–Crippen LogP) is 2.89. The maximum atomic E-state index is 12.6. The van der Waals surface area contributed by atoms with E-state index in [0.29, 0.717) is 29.3 Å². The third-order valence-corrected chi connectivity index (χ3v) is 5.18. The number of fused-ring (bicyclic) bond motifs is 1. The monoisotopic (exact) mass is 333 g/mol. The average molecular weight is 333 g/mol. The molecule has 0 aliphatic carbocycles. The van der Waals surface area contributed by atoms with Gasteiger partial charge in [0.2, 0.25) is 0 Å². The molecule has 0 bridgehead atoms. The number of nitrogens with zero attached hydrogens (tertiary/aromatic N) is 2. The first-order valence-corrected chi connectivity index (χ1v) is 8.20. The lowest BCUT2D eigenvalue weighted by Gasteiger charge is -2.36. The molecule has 0 spiro atoms. The molecule has 0 radical (unpaired) electrons. The summed E-state index contributed by atoms with van der Waals surface area (Å²) in [6.07, 6.45) is 2.74. The summed E-state index contributed by atoms with van der Waals surface area (Å²) in [5, 5.41) is 17.3. The molecule has 1 aliphatic heterocycles. The van der Waals surface area contributed by atoms with Crippen molar-refractivity contribution in [3.63, 3.8) is 0 Å². The zero-order valence-corrected chi connectivity index (χ0v) is 14.4. The molecule has 0 saturated heterocycles. The van der Waals surface area contributed by atoms with E-state index in [1.807, 2.05) is 20.8 Å². The predicted molar refractivity (Wildman–Crippen MR) is 88.2 cm³/mol. The lowest BCUT2D eigenvalue weighted by atomic mass is 9.86. The van der Waals surface area contributed by atoms with Gasteiger partial charge in [-0.1, -0.05) is 4.49 Å². The third-order valence-electron chi connectivity index (χ3n) is 4.60. The van der Waals surface area contributed by atoms with E-state index in [2.05, 4.69) is 14.9 Å². The van der Waals surface area contributed by atoms with Gasteiger partial charge in [-0.25, -0.2) is 0 Å². The molecular formula is C16H19N3O3S. The molecule has 1 aliphatic rings. The Balaban J connectivity index is 1.94. The second-order valence-electron chi connectivity index (χ2n) is 6.10. The summed E-state index contributed by atoms with van der Waals surface area (Å²) in [4.78, 5) is 12.6. The zero-order valence-electron chi connectivity index (χ0n) is 13.6. The van der Waals surface area contributed by atoms with Gasteiger partial charge in [-0.2, -0.15) is 0 Å². The van der Waals surface area contributed by atoms with Crippen molar-refractivity contribution in [2.75, 3.05) is 5.32 Å². The molecule has 23 heavy (non-hydrogen) atoms. The number of amides is 1. The van der Waals surface area contributed by atoms with Crippen molar-refractivity contribution in [3.8, 4) is 11.5 Å². The Morgan fingerprint density at radius 1 is 1.35 bits per heavy atom. The maximum Gasteiger partial charge on any atom is 0.268 e. The Bertz CT molecular complexity index is 774. The van der Waals surface area contributed by atoms with Gasteiger partial charge in [0.1, 0.15) is 16.5 Å². The van der Waals surface area contributed by atoms with Crippen LogP contribution < -0.4 is 10.1 Å². The van der Waals surface area contributed by atoms with Crippen LogP contribution in [-0.2, 0) is 11.2 Å². The van der Waals surface area contributed by atoms with E-state index in [0.717, 1.165) is 33.8 Å². The first kappa shape index (κ1) is 15.7. The summed E-state index contributed by atoms with van der Waals surface area (Å²) in [5.41, 5.74) is 2.52. The smallest absolute Gasteiger partial charge is 0.268 e. The van der Waals surface area contributed by atoms with Crippen LogP contribution in [0.15, 0.2) is 6.20 Å². The summed E-state index contributed by atoms with van der Waals surface area (Å²) in [7, 11) is 0. The topological polar surface area (TPSA) is 84.3 Å². The van der Waals surface area contributed by atoms with Crippen LogP contribution in [0.5, 0.6) is 11.5 Å². The van der Waals surface area contributed by atoms with Gasteiger partial charge in [0.15, 0.2) is 5.60 Å². The second-order valence-corrected chi connectivity index (χ2v) is 6.89.